The van der Waals surface area contributed by atoms with E-state index in [1.165, 1.54) is 30.1 Å². The zero-order valence-corrected chi connectivity index (χ0v) is 20.7. The first-order valence-corrected chi connectivity index (χ1v) is 11.5. The first-order chi connectivity index (χ1) is 13.8. The van der Waals surface area contributed by atoms with Crippen LogP contribution in [0.25, 0.3) is 0 Å². The lowest BCUT2D eigenvalue weighted by Gasteiger charge is -2.20. The molecule has 30 heavy (non-hydrogen) atoms. The van der Waals surface area contributed by atoms with Gasteiger partial charge in [-0.1, -0.05) is 24.3 Å². The van der Waals surface area contributed by atoms with Crippen LogP contribution in [0.1, 0.15) is 17.5 Å². The number of nitrogens with zero attached hydrogens (tertiary/aromatic N) is 2. The summed E-state index contributed by atoms with van der Waals surface area (Å²) < 4.78 is 36.8. The number of guanidine groups is 1. The average Bonchev–Trinajstić information content (AvgIpc) is 2.68. The normalized spacial score (nSPS) is 11.5. The van der Waals surface area contributed by atoms with Crippen molar-refractivity contribution in [3.8, 4) is 0 Å². The Hall–Kier alpha value is -1.88. The number of hydrogen-bond donors (Lipinski definition) is 2. The van der Waals surface area contributed by atoms with Gasteiger partial charge >= 0.3 is 0 Å². The summed E-state index contributed by atoms with van der Waals surface area (Å²) in [6, 6.07) is 14.3. The summed E-state index contributed by atoms with van der Waals surface area (Å²) in [5.41, 5.74) is 2.35. The number of hydrogen-bond acceptors (Lipinski definition) is 4. The van der Waals surface area contributed by atoms with Crippen molar-refractivity contribution in [1.29, 1.82) is 0 Å². The van der Waals surface area contributed by atoms with Gasteiger partial charge in [-0.25, -0.2) is 12.8 Å². The van der Waals surface area contributed by atoms with E-state index >= 15 is 0 Å². The molecule has 9 heteroatoms. The zero-order valence-electron chi connectivity index (χ0n) is 17.6. The van der Waals surface area contributed by atoms with Gasteiger partial charge in [-0.05, 0) is 41.8 Å². The number of halogens is 2. The molecule has 0 aliphatic carbocycles. The van der Waals surface area contributed by atoms with Gasteiger partial charge < -0.3 is 15.5 Å². The average molecular weight is 548 g/mol. The molecule has 0 spiro atoms. The third-order valence-corrected chi connectivity index (χ3v) is 5.25. The predicted molar refractivity (Wildman–Crippen MR) is 133 cm³/mol. The van der Waals surface area contributed by atoms with Gasteiger partial charge in [0, 0.05) is 45.7 Å². The van der Waals surface area contributed by atoms with Crippen LogP contribution in [0, 0.1) is 5.82 Å². The van der Waals surface area contributed by atoms with Gasteiger partial charge in [0.25, 0.3) is 0 Å². The lowest BCUT2D eigenvalue weighted by atomic mass is 10.1. The monoisotopic (exact) mass is 548 g/mol. The number of para-hydroxylation sites is 1. The van der Waals surface area contributed by atoms with Crippen LogP contribution in [0.5, 0.6) is 0 Å². The molecular formula is C21H30FIN4O2S. The minimum atomic E-state index is -3.21. The first kappa shape index (κ1) is 26.2. The van der Waals surface area contributed by atoms with Gasteiger partial charge in [-0.15, -0.1) is 24.0 Å². The molecule has 0 heterocycles. The van der Waals surface area contributed by atoms with Crippen molar-refractivity contribution in [2.24, 2.45) is 4.99 Å². The molecule has 0 amide bonds. The van der Waals surface area contributed by atoms with Gasteiger partial charge in [0.15, 0.2) is 15.8 Å². The van der Waals surface area contributed by atoms with Crippen molar-refractivity contribution >= 4 is 45.5 Å². The summed E-state index contributed by atoms with van der Waals surface area (Å²) in [7, 11) is 0.506. The van der Waals surface area contributed by atoms with E-state index in [4.69, 9.17) is 0 Å². The molecule has 2 aromatic carbocycles. The second-order valence-corrected chi connectivity index (χ2v) is 9.09. The molecule has 0 aromatic heterocycles. The molecule has 2 rings (SSSR count). The fourth-order valence-corrected chi connectivity index (χ4v) is 3.76. The summed E-state index contributed by atoms with van der Waals surface area (Å²) in [6.07, 6.45) is 2.08. The fourth-order valence-electron chi connectivity index (χ4n) is 2.92. The Morgan fingerprint density at radius 3 is 2.43 bits per heavy atom. The van der Waals surface area contributed by atoms with E-state index in [0.29, 0.717) is 17.1 Å². The number of rotatable bonds is 9. The molecule has 0 aliphatic heterocycles. The Bertz CT molecular complexity index is 924. The number of sulfone groups is 1. The largest absolute Gasteiger partial charge is 0.375 e. The number of aliphatic imine (C=N–C) groups is 1. The maximum absolute atomic E-state index is 13.6. The van der Waals surface area contributed by atoms with Crippen molar-refractivity contribution in [2.45, 2.75) is 18.7 Å². The molecule has 0 saturated carbocycles. The highest BCUT2D eigenvalue weighted by atomic mass is 127. The highest BCUT2D eigenvalue weighted by Gasteiger charge is 2.11. The van der Waals surface area contributed by atoms with Gasteiger partial charge in [0.05, 0.1) is 5.75 Å². The molecule has 0 unspecified atom stereocenters. The van der Waals surface area contributed by atoms with Crippen molar-refractivity contribution < 1.29 is 12.8 Å². The first-order valence-electron chi connectivity index (χ1n) is 9.44. The molecule has 0 fully saturated rings. The second kappa shape index (κ2) is 12.7. The van der Waals surface area contributed by atoms with Crippen LogP contribution in [-0.4, -0.2) is 47.8 Å². The maximum Gasteiger partial charge on any atom is 0.191 e. The Balaban J connectivity index is 0.00000450. The maximum atomic E-state index is 13.6. The van der Waals surface area contributed by atoms with Crippen LogP contribution < -0.4 is 15.5 Å². The lowest BCUT2D eigenvalue weighted by Crippen LogP contribution is -2.38. The summed E-state index contributed by atoms with van der Waals surface area (Å²) in [4.78, 5) is 6.36. The Kier molecular flexibility index (Phi) is 11.1. The van der Waals surface area contributed by atoms with Gasteiger partial charge in [-0.2, -0.15) is 0 Å². The van der Waals surface area contributed by atoms with E-state index in [9.17, 15) is 12.8 Å². The zero-order chi connectivity index (χ0) is 21.3. The quantitative estimate of drug-likeness (QED) is 0.218. The fraction of sp³-hybridized carbons (Fsp3) is 0.381. The van der Waals surface area contributed by atoms with E-state index < -0.39 is 15.7 Å². The van der Waals surface area contributed by atoms with E-state index in [1.807, 2.05) is 18.2 Å². The van der Waals surface area contributed by atoms with Crippen LogP contribution >= 0.6 is 24.0 Å². The summed E-state index contributed by atoms with van der Waals surface area (Å²) in [6.45, 7) is 1.89. The highest BCUT2D eigenvalue weighted by Crippen LogP contribution is 2.14. The van der Waals surface area contributed by atoms with Crippen LogP contribution in [-0.2, 0) is 22.1 Å². The van der Waals surface area contributed by atoms with Gasteiger partial charge in [0.1, 0.15) is 5.82 Å². The molecule has 0 atom stereocenters. The highest BCUT2D eigenvalue weighted by molar-refractivity contribution is 14.0. The molecule has 0 saturated heterocycles. The summed E-state index contributed by atoms with van der Waals surface area (Å²) in [5, 5.41) is 6.35. The van der Waals surface area contributed by atoms with E-state index in [1.54, 1.807) is 7.05 Å². The van der Waals surface area contributed by atoms with Crippen molar-refractivity contribution in [3.05, 3.63) is 65.5 Å². The Morgan fingerprint density at radius 2 is 1.80 bits per heavy atom. The van der Waals surface area contributed by atoms with Gasteiger partial charge in [-0.3, -0.25) is 4.99 Å². The van der Waals surface area contributed by atoms with Gasteiger partial charge in [0.2, 0.25) is 0 Å². The van der Waals surface area contributed by atoms with E-state index in [0.717, 1.165) is 19.5 Å². The predicted octanol–water partition coefficient (Wildman–Crippen LogP) is 3.18. The molecule has 2 N–H and O–H groups in total. The number of nitrogens with one attached hydrogen (secondary N) is 2. The summed E-state index contributed by atoms with van der Waals surface area (Å²) in [5.74, 6) is 0.0650. The number of anilines is 1. The van der Waals surface area contributed by atoms with Crippen molar-refractivity contribution in [2.75, 3.05) is 38.3 Å². The van der Waals surface area contributed by atoms with Crippen LogP contribution in [0.3, 0.4) is 0 Å². The molecule has 6 nitrogen and oxygen atoms in total. The molecular weight excluding hydrogens is 518 g/mol. The minimum Gasteiger partial charge on any atom is -0.375 e. The number of benzene rings is 2. The van der Waals surface area contributed by atoms with Crippen molar-refractivity contribution in [1.82, 2.24) is 10.6 Å². The molecule has 166 valence electrons. The topological polar surface area (TPSA) is 73.8 Å². The third-order valence-electron chi connectivity index (χ3n) is 4.42. The molecule has 2 aromatic rings. The SMILES string of the molecule is CN=C(NCCCN(C)c1ccccc1)NCc1cc(F)ccc1CS(C)(=O)=O.I. The molecule has 0 aliphatic rings. The van der Waals surface area contributed by atoms with Crippen molar-refractivity contribution in [3.63, 3.8) is 0 Å². The lowest BCUT2D eigenvalue weighted by molar-refractivity contribution is 0.599. The minimum absolute atomic E-state index is 0. The van der Waals surface area contributed by atoms with Crippen LogP contribution in [0.4, 0.5) is 10.1 Å². The molecule has 0 radical (unpaired) electrons. The van der Waals surface area contributed by atoms with Crippen LogP contribution in [0.15, 0.2) is 53.5 Å². The van der Waals surface area contributed by atoms with E-state index in [-0.39, 0.29) is 36.3 Å². The van der Waals surface area contributed by atoms with Crippen LogP contribution in [0.2, 0.25) is 0 Å². The third kappa shape index (κ3) is 9.29. The second-order valence-electron chi connectivity index (χ2n) is 6.95. The van der Waals surface area contributed by atoms with E-state index in [2.05, 4.69) is 39.7 Å². The Labute approximate surface area is 195 Å². The Morgan fingerprint density at radius 1 is 1.10 bits per heavy atom. The molecule has 0 bridgehead atoms. The summed E-state index contributed by atoms with van der Waals surface area (Å²) >= 11 is 0. The standard InChI is InChI=1S/C21H29FN4O2S.HI/c1-23-21(24-12-7-13-26(2)20-8-5-4-6-9-20)25-15-18-14-19(22)11-10-17(18)16-29(3,27)28;/h4-6,8-11,14H,7,12-13,15-16H2,1-3H3,(H2,23,24,25);1H. The smallest absolute Gasteiger partial charge is 0.191 e.